The second-order valence-electron chi connectivity index (χ2n) is 3.55. The average Bonchev–Trinajstić information content (AvgIpc) is 2.26. The molecule has 0 N–H and O–H groups in total. The van der Waals surface area contributed by atoms with Crippen LogP contribution in [0.2, 0.25) is 0 Å². The third-order valence-corrected chi connectivity index (χ3v) is 2.51. The first-order chi connectivity index (χ1) is 6.90. The van der Waals surface area contributed by atoms with E-state index in [1.807, 2.05) is 19.1 Å². The molecule has 1 atom stereocenters. The number of para-hydroxylation sites is 1. The number of hydrogen-bond acceptors (Lipinski definition) is 2. The molecule has 0 spiro atoms. The zero-order valence-corrected chi connectivity index (χ0v) is 8.53. The highest BCUT2D eigenvalue weighted by atomic mass is 16.5. The monoisotopic (exact) mass is 192 g/mol. The molecule has 2 rings (SSSR count). The standard InChI is InChI=1S/C12H16O2/c1-2-13-9-11-8-7-10-5-3-4-6-12(10)14-11/h3-6,11H,2,7-9H2,1H3. The fraction of sp³-hybridized carbons (Fsp3) is 0.500. The van der Waals surface area contributed by atoms with E-state index in [0.29, 0.717) is 6.61 Å². The summed E-state index contributed by atoms with van der Waals surface area (Å²) < 4.78 is 11.2. The first-order valence-electron chi connectivity index (χ1n) is 5.22. The molecule has 1 aromatic carbocycles. The fourth-order valence-electron chi connectivity index (χ4n) is 1.75. The molecule has 1 aliphatic heterocycles. The molecular formula is C12H16O2. The van der Waals surface area contributed by atoms with Crippen LogP contribution in [0.1, 0.15) is 18.9 Å². The van der Waals surface area contributed by atoms with Gasteiger partial charge in [-0.15, -0.1) is 0 Å². The normalized spacial score (nSPS) is 19.9. The van der Waals surface area contributed by atoms with Gasteiger partial charge in [-0.3, -0.25) is 0 Å². The van der Waals surface area contributed by atoms with Crippen LogP contribution < -0.4 is 4.74 Å². The number of benzene rings is 1. The zero-order valence-electron chi connectivity index (χ0n) is 8.53. The van der Waals surface area contributed by atoms with Crippen molar-refractivity contribution in [3.63, 3.8) is 0 Å². The SMILES string of the molecule is CCOCC1CCc2ccccc2O1. The molecule has 0 aromatic heterocycles. The third-order valence-electron chi connectivity index (χ3n) is 2.51. The quantitative estimate of drug-likeness (QED) is 0.732. The van der Waals surface area contributed by atoms with Crippen molar-refractivity contribution in [2.75, 3.05) is 13.2 Å². The van der Waals surface area contributed by atoms with Crippen LogP contribution in [0.3, 0.4) is 0 Å². The van der Waals surface area contributed by atoms with E-state index in [0.717, 1.165) is 25.2 Å². The van der Waals surface area contributed by atoms with Gasteiger partial charge in [0.2, 0.25) is 0 Å². The Kier molecular flexibility index (Phi) is 3.04. The summed E-state index contributed by atoms with van der Waals surface area (Å²) in [5, 5.41) is 0. The smallest absolute Gasteiger partial charge is 0.123 e. The minimum Gasteiger partial charge on any atom is -0.488 e. The fourth-order valence-corrected chi connectivity index (χ4v) is 1.75. The second-order valence-corrected chi connectivity index (χ2v) is 3.55. The predicted octanol–water partition coefficient (Wildman–Crippen LogP) is 2.42. The van der Waals surface area contributed by atoms with Gasteiger partial charge in [-0.25, -0.2) is 0 Å². The summed E-state index contributed by atoms with van der Waals surface area (Å²) in [6.07, 6.45) is 2.41. The summed E-state index contributed by atoms with van der Waals surface area (Å²) in [7, 11) is 0. The summed E-state index contributed by atoms with van der Waals surface area (Å²) >= 11 is 0. The summed E-state index contributed by atoms with van der Waals surface area (Å²) in [6.45, 7) is 3.49. The van der Waals surface area contributed by atoms with Gasteiger partial charge in [0.25, 0.3) is 0 Å². The van der Waals surface area contributed by atoms with E-state index in [-0.39, 0.29) is 6.10 Å². The summed E-state index contributed by atoms with van der Waals surface area (Å²) in [6, 6.07) is 8.24. The summed E-state index contributed by atoms with van der Waals surface area (Å²) in [5.74, 6) is 1.03. The Labute approximate surface area is 84.8 Å². The van der Waals surface area contributed by atoms with E-state index >= 15 is 0 Å². The van der Waals surface area contributed by atoms with Gasteiger partial charge in [0, 0.05) is 6.61 Å². The summed E-state index contributed by atoms with van der Waals surface area (Å²) in [4.78, 5) is 0. The molecule has 0 radical (unpaired) electrons. The molecule has 1 aliphatic rings. The Morgan fingerprint density at radius 2 is 2.29 bits per heavy atom. The van der Waals surface area contributed by atoms with Crippen LogP contribution in [0.25, 0.3) is 0 Å². The van der Waals surface area contributed by atoms with Crippen molar-refractivity contribution in [1.82, 2.24) is 0 Å². The van der Waals surface area contributed by atoms with E-state index in [1.165, 1.54) is 5.56 Å². The Balaban J connectivity index is 1.99. The summed E-state index contributed by atoms with van der Waals surface area (Å²) in [5.41, 5.74) is 1.32. The molecular weight excluding hydrogens is 176 g/mol. The number of rotatable bonds is 3. The lowest BCUT2D eigenvalue weighted by Crippen LogP contribution is -2.27. The van der Waals surface area contributed by atoms with Gasteiger partial charge in [-0.2, -0.15) is 0 Å². The molecule has 0 amide bonds. The second kappa shape index (κ2) is 4.47. The highest BCUT2D eigenvalue weighted by Gasteiger charge is 2.18. The molecule has 1 aromatic rings. The molecule has 2 heteroatoms. The lowest BCUT2D eigenvalue weighted by Gasteiger charge is -2.25. The van der Waals surface area contributed by atoms with E-state index in [4.69, 9.17) is 9.47 Å². The van der Waals surface area contributed by atoms with Crippen molar-refractivity contribution in [1.29, 1.82) is 0 Å². The zero-order chi connectivity index (χ0) is 9.80. The van der Waals surface area contributed by atoms with Crippen molar-refractivity contribution in [2.24, 2.45) is 0 Å². The van der Waals surface area contributed by atoms with Gasteiger partial charge >= 0.3 is 0 Å². The molecule has 14 heavy (non-hydrogen) atoms. The van der Waals surface area contributed by atoms with Gasteiger partial charge < -0.3 is 9.47 Å². The van der Waals surface area contributed by atoms with Crippen LogP contribution in [-0.2, 0) is 11.2 Å². The lowest BCUT2D eigenvalue weighted by atomic mass is 10.0. The molecule has 0 saturated heterocycles. The molecule has 1 heterocycles. The lowest BCUT2D eigenvalue weighted by molar-refractivity contribution is 0.0458. The first kappa shape index (κ1) is 9.53. The van der Waals surface area contributed by atoms with Crippen LogP contribution in [0.4, 0.5) is 0 Å². The molecule has 2 nitrogen and oxygen atoms in total. The maximum atomic E-state index is 5.81. The third kappa shape index (κ3) is 2.07. The minimum atomic E-state index is 0.241. The van der Waals surface area contributed by atoms with E-state index < -0.39 is 0 Å². The number of ether oxygens (including phenoxy) is 2. The Morgan fingerprint density at radius 3 is 3.14 bits per heavy atom. The molecule has 76 valence electrons. The highest BCUT2D eigenvalue weighted by molar-refractivity contribution is 5.35. The average molecular weight is 192 g/mol. The van der Waals surface area contributed by atoms with E-state index in [9.17, 15) is 0 Å². The first-order valence-corrected chi connectivity index (χ1v) is 5.22. The van der Waals surface area contributed by atoms with E-state index in [1.54, 1.807) is 0 Å². The molecule has 0 bridgehead atoms. The minimum absolute atomic E-state index is 0.241. The molecule has 0 aliphatic carbocycles. The van der Waals surface area contributed by atoms with Crippen LogP contribution >= 0.6 is 0 Å². The van der Waals surface area contributed by atoms with Crippen LogP contribution in [0.5, 0.6) is 5.75 Å². The molecule has 0 fully saturated rings. The van der Waals surface area contributed by atoms with Crippen LogP contribution in [0.15, 0.2) is 24.3 Å². The van der Waals surface area contributed by atoms with Gasteiger partial charge in [-0.05, 0) is 31.4 Å². The Morgan fingerprint density at radius 1 is 1.43 bits per heavy atom. The number of aryl methyl sites for hydroxylation is 1. The van der Waals surface area contributed by atoms with Crippen LogP contribution in [0, 0.1) is 0 Å². The van der Waals surface area contributed by atoms with Gasteiger partial charge in [-0.1, -0.05) is 18.2 Å². The Bertz CT molecular complexity index is 296. The number of fused-ring (bicyclic) bond motifs is 1. The molecule has 0 saturated carbocycles. The Hall–Kier alpha value is -1.02. The van der Waals surface area contributed by atoms with Crippen molar-refractivity contribution >= 4 is 0 Å². The van der Waals surface area contributed by atoms with Crippen molar-refractivity contribution in [2.45, 2.75) is 25.9 Å². The highest BCUT2D eigenvalue weighted by Crippen LogP contribution is 2.26. The topological polar surface area (TPSA) is 18.5 Å². The van der Waals surface area contributed by atoms with Crippen molar-refractivity contribution < 1.29 is 9.47 Å². The van der Waals surface area contributed by atoms with E-state index in [2.05, 4.69) is 12.1 Å². The maximum Gasteiger partial charge on any atom is 0.123 e. The van der Waals surface area contributed by atoms with Crippen LogP contribution in [-0.4, -0.2) is 19.3 Å². The van der Waals surface area contributed by atoms with Crippen molar-refractivity contribution in [3.05, 3.63) is 29.8 Å². The maximum absolute atomic E-state index is 5.81. The van der Waals surface area contributed by atoms with Crippen molar-refractivity contribution in [3.8, 4) is 5.75 Å². The largest absolute Gasteiger partial charge is 0.488 e. The predicted molar refractivity (Wildman–Crippen MR) is 55.7 cm³/mol. The van der Waals surface area contributed by atoms with Gasteiger partial charge in [0.15, 0.2) is 0 Å². The van der Waals surface area contributed by atoms with Gasteiger partial charge in [0.1, 0.15) is 11.9 Å². The number of hydrogen-bond donors (Lipinski definition) is 0. The van der Waals surface area contributed by atoms with Gasteiger partial charge in [0.05, 0.1) is 6.61 Å². The molecule has 1 unspecified atom stereocenters.